The number of rotatable bonds is 6. The molecule has 2 aliphatic rings. The second-order valence-electron chi connectivity index (χ2n) is 12.5. The molecule has 12 heteroatoms. The van der Waals surface area contributed by atoms with Gasteiger partial charge >= 0.3 is 6.09 Å². The van der Waals surface area contributed by atoms with E-state index in [9.17, 15) is 4.79 Å². The van der Waals surface area contributed by atoms with Crippen LogP contribution in [0.4, 0.5) is 10.7 Å². The number of fused-ring (bicyclic) bond motifs is 1. The van der Waals surface area contributed by atoms with Crippen LogP contribution in [0.3, 0.4) is 0 Å². The monoisotopic (exact) mass is 588 g/mol. The number of carbonyl (C=O) groups is 1. The predicted molar refractivity (Wildman–Crippen MR) is 162 cm³/mol. The molecule has 43 heavy (non-hydrogen) atoms. The molecule has 1 amide bonds. The Hall–Kier alpha value is -4.06. The number of alkyl carbamates (subject to hydrolysis) is 1. The van der Waals surface area contributed by atoms with Crippen molar-refractivity contribution in [1.29, 1.82) is 0 Å². The minimum Gasteiger partial charge on any atom is -0.444 e. The molecule has 1 unspecified atom stereocenters. The number of aromatic nitrogens is 6. The molecular formula is C31H40N8O4. The summed E-state index contributed by atoms with van der Waals surface area (Å²) in [6.07, 6.45) is 6.85. The van der Waals surface area contributed by atoms with Crippen LogP contribution < -0.4 is 10.6 Å². The van der Waals surface area contributed by atoms with Gasteiger partial charge in [-0.15, -0.1) is 0 Å². The van der Waals surface area contributed by atoms with Gasteiger partial charge in [-0.2, -0.15) is 5.10 Å². The molecule has 4 aromatic heterocycles. The normalized spacial score (nSPS) is 20.8. The summed E-state index contributed by atoms with van der Waals surface area (Å²) in [7, 11) is 0. The van der Waals surface area contributed by atoms with E-state index in [1.807, 2.05) is 64.6 Å². The number of anilines is 1. The number of ether oxygens (including phenoxy) is 2. The molecule has 2 fully saturated rings. The lowest BCUT2D eigenvalue weighted by atomic mass is 10.1. The third-order valence-corrected chi connectivity index (χ3v) is 8.00. The van der Waals surface area contributed by atoms with Crippen molar-refractivity contribution in [1.82, 2.24) is 35.2 Å². The number of hydrogen-bond acceptors (Lipinski definition) is 10. The summed E-state index contributed by atoms with van der Waals surface area (Å²) < 4.78 is 19.0. The maximum absolute atomic E-state index is 12.5. The summed E-state index contributed by atoms with van der Waals surface area (Å²) in [5.41, 5.74) is 4.96. The quantitative estimate of drug-likeness (QED) is 0.274. The summed E-state index contributed by atoms with van der Waals surface area (Å²) in [4.78, 5) is 27.1. The molecule has 6 rings (SSSR count). The molecule has 3 atom stereocenters. The lowest BCUT2D eigenvalue weighted by Gasteiger charge is -2.25. The zero-order valence-corrected chi connectivity index (χ0v) is 25.7. The number of nitrogens with one attached hydrogen (secondary N) is 2. The van der Waals surface area contributed by atoms with Crippen LogP contribution >= 0.6 is 0 Å². The maximum Gasteiger partial charge on any atom is 0.407 e. The average Bonchev–Trinajstić information content (AvgIpc) is 3.65. The molecule has 1 saturated heterocycles. The van der Waals surface area contributed by atoms with Crippen molar-refractivity contribution in [2.24, 2.45) is 0 Å². The van der Waals surface area contributed by atoms with Crippen molar-refractivity contribution in [3.63, 3.8) is 0 Å². The highest BCUT2D eigenvalue weighted by Crippen LogP contribution is 2.35. The Morgan fingerprint density at radius 1 is 1.02 bits per heavy atom. The number of pyridine rings is 1. The van der Waals surface area contributed by atoms with E-state index in [4.69, 9.17) is 29.1 Å². The molecule has 0 spiro atoms. The van der Waals surface area contributed by atoms with E-state index in [0.717, 1.165) is 89.2 Å². The smallest absolute Gasteiger partial charge is 0.407 e. The zero-order chi connectivity index (χ0) is 30.3. The standard InChI is InChI=1S/C31H40N8O4/c1-17-16-32-29(34-21-10-9-11-22(21)35-30(40)42-31(4,5)6)36-26(17)27-20-13-14-23(25-18(2)38-43-19(25)3)33-28(20)39(37-27)24-12-7-8-15-41-24/h13-14,16,21-22,24H,7-12,15H2,1-6H3,(H,35,40)(H,32,34,36)/t21-,22-,24?/m0/s1. The Bertz CT molecular complexity index is 1610. The van der Waals surface area contributed by atoms with Gasteiger partial charge in [0.15, 0.2) is 11.9 Å². The van der Waals surface area contributed by atoms with E-state index in [1.54, 1.807) is 0 Å². The first kappa shape index (κ1) is 29.0. The number of carbonyl (C=O) groups excluding carboxylic acids is 1. The Morgan fingerprint density at radius 2 is 1.84 bits per heavy atom. The summed E-state index contributed by atoms with van der Waals surface area (Å²) in [6, 6.07) is 3.91. The number of aryl methyl sites for hydroxylation is 3. The van der Waals surface area contributed by atoms with E-state index < -0.39 is 11.7 Å². The third-order valence-electron chi connectivity index (χ3n) is 8.00. The highest BCUT2D eigenvalue weighted by molar-refractivity contribution is 5.92. The molecule has 1 aliphatic heterocycles. The molecule has 12 nitrogen and oxygen atoms in total. The van der Waals surface area contributed by atoms with Gasteiger partial charge in [-0.25, -0.2) is 24.4 Å². The Morgan fingerprint density at radius 3 is 2.56 bits per heavy atom. The van der Waals surface area contributed by atoms with Crippen molar-refractivity contribution in [3.8, 4) is 22.6 Å². The maximum atomic E-state index is 12.5. The molecule has 0 aromatic carbocycles. The molecule has 4 aromatic rings. The van der Waals surface area contributed by atoms with Gasteiger partial charge < -0.3 is 24.6 Å². The van der Waals surface area contributed by atoms with Crippen LogP contribution in [0, 0.1) is 20.8 Å². The van der Waals surface area contributed by atoms with Gasteiger partial charge in [0.1, 0.15) is 17.1 Å². The first-order valence-corrected chi connectivity index (χ1v) is 15.1. The van der Waals surface area contributed by atoms with Crippen LogP contribution in [0.15, 0.2) is 22.9 Å². The molecule has 228 valence electrons. The van der Waals surface area contributed by atoms with Crippen LogP contribution in [-0.2, 0) is 9.47 Å². The van der Waals surface area contributed by atoms with E-state index in [-0.39, 0.29) is 18.3 Å². The van der Waals surface area contributed by atoms with E-state index in [2.05, 4.69) is 20.8 Å². The largest absolute Gasteiger partial charge is 0.444 e. The minimum absolute atomic E-state index is 0.0210. The molecule has 1 aliphatic carbocycles. The van der Waals surface area contributed by atoms with Gasteiger partial charge in [0, 0.05) is 24.2 Å². The number of amides is 1. The first-order valence-electron chi connectivity index (χ1n) is 15.1. The van der Waals surface area contributed by atoms with Crippen molar-refractivity contribution < 1.29 is 18.8 Å². The van der Waals surface area contributed by atoms with Gasteiger partial charge in [-0.3, -0.25) is 0 Å². The van der Waals surface area contributed by atoms with Gasteiger partial charge in [-0.1, -0.05) is 5.16 Å². The topological polar surface area (TPSA) is 142 Å². The third kappa shape index (κ3) is 6.06. The highest BCUT2D eigenvalue weighted by atomic mass is 16.6. The molecule has 5 heterocycles. The van der Waals surface area contributed by atoms with Gasteiger partial charge in [0.2, 0.25) is 5.95 Å². The van der Waals surface area contributed by atoms with Crippen LogP contribution in [0.25, 0.3) is 33.7 Å². The fraction of sp³-hybridized carbons (Fsp3) is 0.548. The molecule has 1 saturated carbocycles. The van der Waals surface area contributed by atoms with Crippen LogP contribution in [0.2, 0.25) is 0 Å². The van der Waals surface area contributed by atoms with Crippen LogP contribution in [0.5, 0.6) is 0 Å². The lowest BCUT2D eigenvalue weighted by molar-refractivity contribution is -0.0368. The summed E-state index contributed by atoms with van der Waals surface area (Å²) in [6.45, 7) is 12.1. The van der Waals surface area contributed by atoms with E-state index in [0.29, 0.717) is 12.6 Å². The Labute approximate surface area is 251 Å². The molecule has 0 bridgehead atoms. The van der Waals surface area contributed by atoms with Crippen LogP contribution in [-0.4, -0.2) is 60.3 Å². The highest BCUT2D eigenvalue weighted by Gasteiger charge is 2.31. The van der Waals surface area contributed by atoms with Gasteiger partial charge in [0.05, 0.1) is 28.7 Å². The first-order chi connectivity index (χ1) is 20.6. The van der Waals surface area contributed by atoms with Crippen molar-refractivity contribution in [2.45, 2.75) is 104 Å². The van der Waals surface area contributed by atoms with E-state index in [1.165, 1.54) is 0 Å². The number of nitrogens with zero attached hydrogens (tertiary/aromatic N) is 6. The van der Waals surface area contributed by atoms with Gasteiger partial charge in [-0.05, 0) is 97.8 Å². The summed E-state index contributed by atoms with van der Waals surface area (Å²) in [5, 5.41) is 16.6. The minimum atomic E-state index is -0.557. The Balaban J connectivity index is 1.34. The molecule has 0 radical (unpaired) electrons. The summed E-state index contributed by atoms with van der Waals surface area (Å²) >= 11 is 0. The number of hydrogen-bond donors (Lipinski definition) is 2. The predicted octanol–water partition coefficient (Wildman–Crippen LogP) is 6.03. The Kier molecular flexibility index (Phi) is 7.80. The van der Waals surface area contributed by atoms with E-state index >= 15 is 0 Å². The van der Waals surface area contributed by atoms with Crippen LogP contribution in [0.1, 0.15) is 82.5 Å². The second kappa shape index (κ2) is 11.6. The summed E-state index contributed by atoms with van der Waals surface area (Å²) in [5.74, 6) is 1.21. The van der Waals surface area contributed by atoms with Gasteiger partial charge in [0.25, 0.3) is 0 Å². The lowest BCUT2D eigenvalue weighted by Crippen LogP contribution is -2.45. The average molecular weight is 589 g/mol. The molecule has 2 N–H and O–H groups in total. The molecular weight excluding hydrogens is 548 g/mol. The second-order valence-corrected chi connectivity index (χ2v) is 12.5. The van der Waals surface area contributed by atoms with Crippen molar-refractivity contribution in [3.05, 3.63) is 35.3 Å². The van der Waals surface area contributed by atoms with Crippen molar-refractivity contribution >= 4 is 23.1 Å². The van der Waals surface area contributed by atoms with Crippen molar-refractivity contribution in [2.75, 3.05) is 11.9 Å². The zero-order valence-electron chi connectivity index (χ0n) is 25.7. The SMILES string of the molecule is Cc1cnc(N[C@H]2CCC[C@@H]2NC(=O)OC(C)(C)C)nc1-c1nn(C2CCCCO2)c2nc(-c3c(C)noc3C)ccc12. The fourth-order valence-corrected chi connectivity index (χ4v) is 5.98. The fourth-order valence-electron chi connectivity index (χ4n) is 5.98.